The third-order valence-corrected chi connectivity index (χ3v) is 5.98. The van der Waals surface area contributed by atoms with E-state index in [9.17, 15) is 13.2 Å². The summed E-state index contributed by atoms with van der Waals surface area (Å²) in [5.74, 6) is 0.420. The number of hydrogen-bond acceptors (Lipinski definition) is 4. The Morgan fingerprint density at radius 3 is 2.40 bits per heavy atom. The molecule has 0 bridgehead atoms. The van der Waals surface area contributed by atoms with Crippen molar-refractivity contribution >= 4 is 21.6 Å². The fourth-order valence-corrected chi connectivity index (χ4v) is 4.09. The molecule has 0 aliphatic rings. The molecule has 0 radical (unpaired) electrons. The van der Waals surface area contributed by atoms with Crippen LogP contribution in [0.2, 0.25) is 0 Å². The Hall–Kier alpha value is -2.38. The van der Waals surface area contributed by atoms with Gasteiger partial charge in [0.15, 0.2) is 6.61 Å². The van der Waals surface area contributed by atoms with Crippen molar-refractivity contribution in [3.8, 4) is 5.75 Å². The van der Waals surface area contributed by atoms with Crippen LogP contribution < -0.4 is 14.8 Å². The molecular weight excluding hydrogens is 400 g/mol. The highest BCUT2D eigenvalue weighted by Gasteiger charge is 2.16. The van der Waals surface area contributed by atoms with Crippen molar-refractivity contribution in [3.63, 3.8) is 0 Å². The summed E-state index contributed by atoms with van der Waals surface area (Å²) < 4.78 is 32.8. The molecular formula is C23H32N2O4S. The molecule has 2 rings (SSSR count). The van der Waals surface area contributed by atoms with Crippen molar-refractivity contribution in [1.82, 2.24) is 4.72 Å². The lowest BCUT2D eigenvalue weighted by Gasteiger charge is -2.13. The number of ether oxygens (including phenoxy) is 1. The van der Waals surface area contributed by atoms with Crippen LogP contribution in [-0.2, 0) is 21.2 Å². The second-order valence-corrected chi connectivity index (χ2v) is 9.58. The zero-order valence-corrected chi connectivity index (χ0v) is 19.0. The smallest absolute Gasteiger partial charge is 0.262 e. The molecule has 0 saturated carbocycles. The van der Waals surface area contributed by atoms with Crippen LogP contribution in [0.25, 0.3) is 0 Å². The van der Waals surface area contributed by atoms with Crippen LogP contribution >= 0.6 is 0 Å². The lowest BCUT2D eigenvalue weighted by atomic mass is 10.1. The average Bonchev–Trinajstić information content (AvgIpc) is 2.71. The van der Waals surface area contributed by atoms with E-state index in [0.29, 0.717) is 17.9 Å². The van der Waals surface area contributed by atoms with Crippen LogP contribution in [0.5, 0.6) is 5.75 Å². The molecule has 0 atom stereocenters. The van der Waals surface area contributed by atoms with Gasteiger partial charge in [0, 0.05) is 12.2 Å². The molecule has 30 heavy (non-hydrogen) atoms. The van der Waals surface area contributed by atoms with Crippen molar-refractivity contribution in [1.29, 1.82) is 0 Å². The zero-order valence-electron chi connectivity index (χ0n) is 18.2. The second kappa shape index (κ2) is 11.1. The number of aryl methyl sites for hydroxylation is 2. The lowest BCUT2D eigenvalue weighted by molar-refractivity contribution is -0.118. The number of carbonyl (C=O) groups excluding carboxylic acids is 1. The van der Waals surface area contributed by atoms with Crippen LogP contribution in [0, 0.1) is 12.8 Å². The fourth-order valence-electron chi connectivity index (χ4n) is 2.79. The highest BCUT2D eigenvalue weighted by Crippen LogP contribution is 2.22. The maximum Gasteiger partial charge on any atom is 0.262 e. The summed E-state index contributed by atoms with van der Waals surface area (Å²) in [6.45, 7) is 8.01. The van der Waals surface area contributed by atoms with Crippen molar-refractivity contribution in [2.45, 2.75) is 51.9 Å². The van der Waals surface area contributed by atoms with E-state index in [-0.39, 0.29) is 23.3 Å². The van der Waals surface area contributed by atoms with Gasteiger partial charge in [0.1, 0.15) is 5.75 Å². The van der Waals surface area contributed by atoms with E-state index < -0.39 is 10.0 Å². The number of unbranched alkanes of at least 4 members (excludes halogenated alkanes) is 1. The van der Waals surface area contributed by atoms with Crippen molar-refractivity contribution in [2.24, 2.45) is 5.92 Å². The van der Waals surface area contributed by atoms with Crippen molar-refractivity contribution in [3.05, 3.63) is 53.6 Å². The number of hydrogen-bond donors (Lipinski definition) is 2. The van der Waals surface area contributed by atoms with Gasteiger partial charge < -0.3 is 10.1 Å². The van der Waals surface area contributed by atoms with Gasteiger partial charge >= 0.3 is 0 Å². The predicted octanol–water partition coefficient (Wildman–Crippen LogP) is 4.29. The Morgan fingerprint density at radius 1 is 1.10 bits per heavy atom. The summed E-state index contributed by atoms with van der Waals surface area (Å²) in [5, 5.41) is 2.81. The number of carbonyl (C=O) groups is 1. The van der Waals surface area contributed by atoms with Gasteiger partial charge in [-0.25, -0.2) is 13.1 Å². The quantitative estimate of drug-likeness (QED) is 0.555. The van der Waals surface area contributed by atoms with Crippen LogP contribution in [0.15, 0.2) is 47.4 Å². The van der Waals surface area contributed by atoms with Gasteiger partial charge in [-0.1, -0.05) is 39.3 Å². The van der Waals surface area contributed by atoms with Crippen LogP contribution in [0.3, 0.4) is 0 Å². The van der Waals surface area contributed by atoms with Gasteiger partial charge in [-0.15, -0.1) is 0 Å². The molecule has 2 N–H and O–H groups in total. The third kappa shape index (κ3) is 7.46. The molecule has 6 nitrogen and oxygen atoms in total. The maximum atomic E-state index is 12.3. The maximum absolute atomic E-state index is 12.3. The van der Waals surface area contributed by atoms with Gasteiger partial charge in [0.25, 0.3) is 5.91 Å². The second-order valence-electron chi connectivity index (χ2n) is 7.81. The summed E-state index contributed by atoms with van der Waals surface area (Å²) in [4.78, 5) is 12.4. The van der Waals surface area contributed by atoms with Gasteiger partial charge in [0.05, 0.1) is 4.90 Å². The number of sulfonamides is 1. The summed E-state index contributed by atoms with van der Waals surface area (Å²) in [6.07, 6.45) is 3.33. The van der Waals surface area contributed by atoms with E-state index in [1.54, 1.807) is 19.1 Å². The first-order valence-electron chi connectivity index (χ1n) is 10.3. The Kier molecular flexibility index (Phi) is 8.87. The summed E-state index contributed by atoms with van der Waals surface area (Å²) in [7, 11) is -3.56. The molecule has 1 amide bonds. The first-order chi connectivity index (χ1) is 14.2. The van der Waals surface area contributed by atoms with Gasteiger partial charge in [-0.3, -0.25) is 4.79 Å². The largest absolute Gasteiger partial charge is 0.483 e. The molecule has 0 spiro atoms. The van der Waals surface area contributed by atoms with Crippen LogP contribution in [0.1, 0.15) is 44.7 Å². The number of rotatable bonds is 11. The third-order valence-electron chi connectivity index (χ3n) is 4.55. The molecule has 0 fully saturated rings. The highest BCUT2D eigenvalue weighted by atomic mass is 32.2. The summed E-state index contributed by atoms with van der Waals surface area (Å²) in [6, 6.07) is 12.4. The molecule has 0 aliphatic carbocycles. The Balaban J connectivity index is 1.91. The number of amides is 1. The Morgan fingerprint density at radius 2 is 1.80 bits per heavy atom. The number of anilines is 1. The monoisotopic (exact) mass is 432 g/mol. The molecule has 2 aromatic rings. The zero-order chi connectivity index (χ0) is 22.1. The minimum absolute atomic E-state index is 0.157. The van der Waals surface area contributed by atoms with Crippen LogP contribution in [0.4, 0.5) is 5.69 Å². The van der Waals surface area contributed by atoms with Crippen LogP contribution in [-0.4, -0.2) is 27.5 Å². The number of benzene rings is 2. The molecule has 0 aliphatic heterocycles. The summed E-state index contributed by atoms with van der Waals surface area (Å²) >= 11 is 0. The highest BCUT2D eigenvalue weighted by molar-refractivity contribution is 7.89. The normalized spacial score (nSPS) is 11.5. The predicted molar refractivity (Wildman–Crippen MR) is 120 cm³/mol. The van der Waals surface area contributed by atoms with E-state index in [1.165, 1.54) is 11.6 Å². The van der Waals surface area contributed by atoms with E-state index in [1.807, 2.05) is 38.1 Å². The SMILES string of the molecule is CCCCc1ccc(NC(=O)COc2ccc(S(=O)(=O)NCC(C)C)cc2C)cc1. The molecule has 0 aromatic heterocycles. The van der Waals surface area contributed by atoms with E-state index in [2.05, 4.69) is 17.0 Å². The minimum Gasteiger partial charge on any atom is -0.483 e. The van der Waals surface area contributed by atoms with E-state index in [4.69, 9.17) is 4.74 Å². The molecule has 0 saturated heterocycles. The molecule has 164 valence electrons. The van der Waals surface area contributed by atoms with E-state index >= 15 is 0 Å². The first kappa shape index (κ1) is 23.9. The van der Waals surface area contributed by atoms with Crippen molar-refractivity contribution in [2.75, 3.05) is 18.5 Å². The fraction of sp³-hybridized carbons (Fsp3) is 0.435. The van der Waals surface area contributed by atoms with Gasteiger partial charge in [0.2, 0.25) is 10.0 Å². The Labute approximate surface area is 180 Å². The van der Waals surface area contributed by atoms with Gasteiger partial charge in [-0.2, -0.15) is 0 Å². The van der Waals surface area contributed by atoms with Gasteiger partial charge in [-0.05, 0) is 67.1 Å². The topological polar surface area (TPSA) is 84.5 Å². The molecule has 0 heterocycles. The Bertz CT molecular complexity index is 938. The average molecular weight is 433 g/mol. The van der Waals surface area contributed by atoms with Crippen molar-refractivity contribution < 1.29 is 17.9 Å². The first-order valence-corrected chi connectivity index (χ1v) is 11.8. The molecule has 2 aromatic carbocycles. The standard InChI is InChI=1S/C23H32N2O4S/c1-5-6-7-19-8-10-20(11-9-19)25-23(26)16-29-22-13-12-21(14-18(22)4)30(27,28)24-15-17(2)3/h8-14,17,24H,5-7,15-16H2,1-4H3,(H,25,26). The lowest BCUT2D eigenvalue weighted by Crippen LogP contribution is -2.27. The van der Waals surface area contributed by atoms with E-state index in [0.717, 1.165) is 24.9 Å². The summed E-state index contributed by atoms with van der Waals surface area (Å²) in [5.41, 5.74) is 2.62. The number of nitrogens with one attached hydrogen (secondary N) is 2. The minimum atomic E-state index is -3.56. The molecule has 7 heteroatoms. The molecule has 0 unspecified atom stereocenters.